The molecule has 1 radical (unpaired) electrons. The average molecular weight is 138 g/mol. The molecule has 0 atom stereocenters. The lowest BCUT2D eigenvalue weighted by molar-refractivity contribution is 0.471. The highest BCUT2D eigenvalue weighted by atomic mass is 19.2. The molecule has 51 valence electrons. The Morgan fingerprint density at radius 3 is 2.40 bits per heavy atom. The highest BCUT2D eigenvalue weighted by molar-refractivity contribution is 5.72. The number of benzene rings is 1. The molecule has 1 rings (SSSR count). The van der Waals surface area contributed by atoms with Crippen LogP contribution in [0.25, 0.3) is 0 Å². The van der Waals surface area contributed by atoms with Crippen LogP contribution in [0, 0.1) is 0 Å². The van der Waals surface area contributed by atoms with Gasteiger partial charge in [0.2, 0.25) is 0 Å². The van der Waals surface area contributed by atoms with Crippen molar-refractivity contribution in [1.82, 2.24) is 0 Å². The molecular formula is C7H5FNO. The summed E-state index contributed by atoms with van der Waals surface area (Å²) in [6.45, 7) is 0. The van der Waals surface area contributed by atoms with E-state index in [0.717, 1.165) is 6.41 Å². The average Bonchev–Trinajstić information content (AvgIpc) is 2.05. The predicted molar refractivity (Wildman–Crippen MR) is 35.7 cm³/mol. The molecule has 0 bridgehead atoms. The Bertz CT molecular complexity index is 212. The Kier molecular flexibility index (Phi) is 1.99. The zero-order valence-corrected chi connectivity index (χ0v) is 5.12. The van der Waals surface area contributed by atoms with E-state index in [2.05, 4.69) is 0 Å². The van der Waals surface area contributed by atoms with Gasteiger partial charge in [-0.1, -0.05) is 22.7 Å². The Hall–Kier alpha value is -1.38. The first-order valence-electron chi connectivity index (χ1n) is 2.73. The SMILES string of the molecule is O=[C]N(F)c1ccccc1. The van der Waals surface area contributed by atoms with E-state index in [1.165, 1.54) is 12.1 Å². The lowest BCUT2D eigenvalue weighted by Crippen LogP contribution is -2.06. The largest absolute Gasteiger partial charge is 0.347 e. The van der Waals surface area contributed by atoms with Crippen LogP contribution in [0.2, 0.25) is 0 Å². The fourth-order valence-corrected chi connectivity index (χ4v) is 0.612. The fraction of sp³-hybridized carbons (Fsp3) is 0. The molecule has 0 aliphatic heterocycles. The third-order valence-corrected chi connectivity index (χ3v) is 1.06. The number of rotatable bonds is 2. The first kappa shape index (κ1) is 6.74. The minimum absolute atomic E-state index is 0.0972. The molecule has 0 aliphatic rings. The van der Waals surface area contributed by atoms with Gasteiger partial charge in [-0.25, -0.2) is 0 Å². The van der Waals surface area contributed by atoms with Gasteiger partial charge in [-0.2, -0.15) is 0 Å². The van der Waals surface area contributed by atoms with Crippen LogP contribution in [0.1, 0.15) is 0 Å². The number of para-hydroxylation sites is 1. The molecule has 1 amide bonds. The van der Waals surface area contributed by atoms with Gasteiger partial charge >= 0.3 is 6.41 Å². The van der Waals surface area contributed by atoms with E-state index >= 15 is 0 Å². The molecule has 2 nitrogen and oxygen atoms in total. The van der Waals surface area contributed by atoms with Crippen LogP contribution in [0.4, 0.5) is 10.2 Å². The minimum atomic E-state index is -0.0972. The summed E-state index contributed by atoms with van der Waals surface area (Å²) in [5.74, 6) is 0. The van der Waals surface area contributed by atoms with Crippen molar-refractivity contribution in [3.8, 4) is 0 Å². The predicted octanol–water partition coefficient (Wildman–Crippen LogP) is 1.44. The summed E-state index contributed by atoms with van der Waals surface area (Å²) in [6, 6.07) is 7.97. The summed E-state index contributed by atoms with van der Waals surface area (Å²) in [4.78, 5) is 9.73. The molecule has 0 aliphatic carbocycles. The zero-order chi connectivity index (χ0) is 7.40. The van der Waals surface area contributed by atoms with E-state index in [1.807, 2.05) is 0 Å². The van der Waals surface area contributed by atoms with E-state index in [1.54, 1.807) is 18.2 Å². The molecule has 0 aromatic heterocycles. The summed E-state index contributed by atoms with van der Waals surface area (Å²) in [5, 5.41) is -0.0972. The maximum Gasteiger partial charge on any atom is 0.347 e. The van der Waals surface area contributed by atoms with Crippen LogP contribution < -0.4 is 5.12 Å². The van der Waals surface area contributed by atoms with Gasteiger partial charge in [0.15, 0.2) is 0 Å². The minimum Gasteiger partial charge on any atom is -0.260 e. The number of anilines is 1. The summed E-state index contributed by atoms with van der Waals surface area (Å²) >= 11 is 0. The second kappa shape index (κ2) is 2.96. The van der Waals surface area contributed by atoms with Crippen molar-refractivity contribution in [2.24, 2.45) is 0 Å². The van der Waals surface area contributed by atoms with Crippen molar-refractivity contribution < 1.29 is 9.28 Å². The highest BCUT2D eigenvalue weighted by Crippen LogP contribution is 2.10. The Balaban J connectivity index is 2.84. The van der Waals surface area contributed by atoms with Crippen LogP contribution in [0.15, 0.2) is 30.3 Å². The van der Waals surface area contributed by atoms with Crippen LogP contribution in [0.5, 0.6) is 0 Å². The number of halogens is 1. The van der Waals surface area contributed by atoms with Crippen LogP contribution in [-0.4, -0.2) is 6.41 Å². The molecule has 0 N–H and O–H groups in total. The fourth-order valence-electron chi connectivity index (χ4n) is 0.612. The summed E-state index contributed by atoms with van der Waals surface area (Å²) in [6.07, 6.45) is 1.10. The standard InChI is InChI=1S/C7H5FNO/c8-9(6-10)7-4-2-1-3-5-7/h1-5H. The number of hydrogen-bond acceptors (Lipinski definition) is 1. The Morgan fingerprint density at radius 1 is 1.30 bits per heavy atom. The van der Waals surface area contributed by atoms with E-state index < -0.39 is 0 Å². The number of carbonyl (C=O) groups excluding carboxylic acids is 1. The van der Waals surface area contributed by atoms with Crippen molar-refractivity contribution >= 4 is 12.1 Å². The second-order valence-electron chi connectivity index (χ2n) is 1.71. The molecule has 3 heteroatoms. The summed E-state index contributed by atoms with van der Waals surface area (Å²) in [5.41, 5.74) is 0.192. The van der Waals surface area contributed by atoms with E-state index in [4.69, 9.17) is 0 Å². The number of hydrogen-bond donors (Lipinski definition) is 0. The van der Waals surface area contributed by atoms with E-state index in [-0.39, 0.29) is 10.8 Å². The molecule has 0 spiro atoms. The van der Waals surface area contributed by atoms with E-state index in [0.29, 0.717) is 0 Å². The van der Waals surface area contributed by atoms with Gasteiger partial charge in [-0.15, -0.1) is 5.12 Å². The normalized spacial score (nSPS) is 8.90. The Labute approximate surface area is 57.8 Å². The molecule has 0 saturated carbocycles. The first-order valence-corrected chi connectivity index (χ1v) is 2.73. The van der Waals surface area contributed by atoms with Crippen molar-refractivity contribution in [3.05, 3.63) is 30.3 Å². The second-order valence-corrected chi connectivity index (χ2v) is 1.71. The van der Waals surface area contributed by atoms with Crippen LogP contribution in [0.3, 0.4) is 0 Å². The molecule has 10 heavy (non-hydrogen) atoms. The number of amides is 1. The number of nitrogens with zero attached hydrogens (tertiary/aromatic N) is 1. The van der Waals surface area contributed by atoms with Gasteiger partial charge < -0.3 is 0 Å². The molecular weight excluding hydrogens is 133 g/mol. The zero-order valence-electron chi connectivity index (χ0n) is 5.12. The van der Waals surface area contributed by atoms with Gasteiger partial charge in [0.05, 0.1) is 5.69 Å². The highest BCUT2D eigenvalue weighted by Gasteiger charge is 2.00. The third-order valence-electron chi connectivity index (χ3n) is 1.06. The Morgan fingerprint density at radius 2 is 1.90 bits per heavy atom. The third kappa shape index (κ3) is 1.31. The van der Waals surface area contributed by atoms with Crippen LogP contribution in [-0.2, 0) is 4.79 Å². The smallest absolute Gasteiger partial charge is 0.260 e. The topological polar surface area (TPSA) is 20.3 Å². The van der Waals surface area contributed by atoms with Gasteiger partial charge in [0.1, 0.15) is 0 Å². The first-order chi connectivity index (χ1) is 4.84. The van der Waals surface area contributed by atoms with Gasteiger partial charge in [-0.05, 0) is 12.1 Å². The molecule has 0 unspecified atom stereocenters. The van der Waals surface area contributed by atoms with Gasteiger partial charge in [0, 0.05) is 0 Å². The molecule has 0 saturated heterocycles. The maximum absolute atomic E-state index is 12.3. The molecule has 0 fully saturated rings. The van der Waals surface area contributed by atoms with Gasteiger partial charge in [0.25, 0.3) is 0 Å². The van der Waals surface area contributed by atoms with Crippen molar-refractivity contribution in [2.75, 3.05) is 5.12 Å². The summed E-state index contributed by atoms with van der Waals surface area (Å²) < 4.78 is 12.3. The quantitative estimate of drug-likeness (QED) is 0.447. The molecule has 1 aromatic rings. The summed E-state index contributed by atoms with van der Waals surface area (Å²) in [7, 11) is 0. The van der Waals surface area contributed by atoms with Gasteiger partial charge in [-0.3, -0.25) is 4.79 Å². The maximum atomic E-state index is 12.3. The van der Waals surface area contributed by atoms with Crippen molar-refractivity contribution in [3.63, 3.8) is 0 Å². The lowest BCUT2D eigenvalue weighted by atomic mass is 10.3. The van der Waals surface area contributed by atoms with Crippen LogP contribution >= 0.6 is 0 Å². The van der Waals surface area contributed by atoms with E-state index in [9.17, 15) is 9.28 Å². The molecule has 1 aromatic carbocycles. The van der Waals surface area contributed by atoms with Crippen molar-refractivity contribution in [1.29, 1.82) is 0 Å². The van der Waals surface area contributed by atoms with Crippen molar-refractivity contribution in [2.45, 2.75) is 0 Å². The molecule has 0 heterocycles. The lowest BCUT2D eigenvalue weighted by Gasteiger charge is -2.00. The monoisotopic (exact) mass is 138 g/mol.